The third-order valence-electron chi connectivity index (χ3n) is 2.98. The number of hydrogen-bond donors (Lipinski definition) is 1. The Morgan fingerprint density at radius 1 is 1.35 bits per heavy atom. The van der Waals surface area contributed by atoms with Gasteiger partial charge in [0.15, 0.2) is 0 Å². The van der Waals surface area contributed by atoms with Crippen molar-refractivity contribution in [1.82, 2.24) is 10.4 Å². The molecule has 1 aliphatic heterocycles. The number of rotatable bonds is 4. The minimum atomic E-state index is -4.47. The predicted octanol–water partition coefficient (Wildman–Crippen LogP) is 2.43. The maximum atomic E-state index is 13.2. The zero-order chi connectivity index (χ0) is 14.8. The number of halogens is 3. The third kappa shape index (κ3) is 3.22. The number of ether oxygens (including phenoxy) is 1. The van der Waals surface area contributed by atoms with Crippen LogP contribution in [0.2, 0.25) is 0 Å². The molecule has 0 spiro atoms. The molecule has 0 aromatic heterocycles. The van der Waals surface area contributed by atoms with Gasteiger partial charge < -0.3 is 4.74 Å². The highest BCUT2D eigenvalue weighted by Gasteiger charge is 2.46. The minimum absolute atomic E-state index is 0.0379. The molecule has 1 aromatic rings. The number of carbonyl (C=O) groups is 1. The molecule has 7 heteroatoms. The summed E-state index contributed by atoms with van der Waals surface area (Å²) in [7, 11) is 0. The Morgan fingerprint density at radius 3 is 2.45 bits per heavy atom. The Balaban J connectivity index is 2.24. The van der Waals surface area contributed by atoms with Gasteiger partial charge in [-0.1, -0.05) is 12.1 Å². The SMILES string of the molecule is CCOc1ccc(C(N2CCC(=O)N2)C(F)(F)F)cc1. The molecule has 2 rings (SSSR count). The van der Waals surface area contributed by atoms with Gasteiger partial charge in [-0.15, -0.1) is 0 Å². The Labute approximate surface area is 114 Å². The molecule has 0 aliphatic carbocycles. The highest BCUT2D eigenvalue weighted by molar-refractivity contribution is 5.77. The number of amides is 1. The van der Waals surface area contributed by atoms with Crippen LogP contribution in [0.4, 0.5) is 13.2 Å². The molecule has 110 valence electrons. The summed E-state index contributed by atoms with van der Waals surface area (Å²) in [6.45, 7) is 2.28. The first-order valence-electron chi connectivity index (χ1n) is 6.27. The number of carbonyl (C=O) groups excluding carboxylic acids is 1. The standard InChI is InChI=1S/C13H15F3N2O2/c1-2-20-10-5-3-9(4-6-10)12(13(14,15)16)18-8-7-11(19)17-18/h3-6,12H,2,7-8H2,1H3,(H,17,19). The molecular weight excluding hydrogens is 273 g/mol. The van der Waals surface area contributed by atoms with Gasteiger partial charge in [0, 0.05) is 13.0 Å². The van der Waals surface area contributed by atoms with E-state index in [4.69, 9.17) is 4.74 Å². The van der Waals surface area contributed by atoms with Crippen LogP contribution in [-0.2, 0) is 4.79 Å². The second-order valence-corrected chi connectivity index (χ2v) is 4.42. The van der Waals surface area contributed by atoms with Crippen LogP contribution in [0.15, 0.2) is 24.3 Å². The fourth-order valence-corrected chi connectivity index (χ4v) is 2.15. The van der Waals surface area contributed by atoms with Gasteiger partial charge in [0.1, 0.15) is 11.8 Å². The van der Waals surface area contributed by atoms with Crippen LogP contribution in [0.5, 0.6) is 5.75 Å². The monoisotopic (exact) mass is 288 g/mol. The van der Waals surface area contributed by atoms with Gasteiger partial charge in [0.2, 0.25) is 5.91 Å². The summed E-state index contributed by atoms with van der Waals surface area (Å²) in [5, 5.41) is 0.929. The molecule has 1 fully saturated rings. The van der Waals surface area contributed by atoms with Crippen molar-refractivity contribution in [3.05, 3.63) is 29.8 Å². The van der Waals surface area contributed by atoms with Crippen LogP contribution in [0, 0.1) is 0 Å². The molecule has 1 amide bonds. The van der Waals surface area contributed by atoms with E-state index < -0.39 is 18.1 Å². The van der Waals surface area contributed by atoms with Gasteiger partial charge in [-0.3, -0.25) is 10.2 Å². The van der Waals surface area contributed by atoms with Crippen molar-refractivity contribution in [3.8, 4) is 5.75 Å². The van der Waals surface area contributed by atoms with E-state index in [1.807, 2.05) is 0 Å². The lowest BCUT2D eigenvalue weighted by atomic mass is 10.1. The lowest BCUT2D eigenvalue weighted by Crippen LogP contribution is -2.43. The van der Waals surface area contributed by atoms with Crippen molar-refractivity contribution in [2.75, 3.05) is 13.2 Å². The van der Waals surface area contributed by atoms with E-state index in [9.17, 15) is 18.0 Å². The fourth-order valence-electron chi connectivity index (χ4n) is 2.15. The molecule has 1 saturated heterocycles. The number of hydrazine groups is 1. The van der Waals surface area contributed by atoms with Gasteiger partial charge in [0.25, 0.3) is 0 Å². The van der Waals surface area contributed by atoms with Crippen molar-refractivity contribution in [2.24, 2.45) is 0 Å². The summed E-state index contributed by atoms with van der Waals surface area (Å²) in [6.07, 6.45) is -4.39. The molecule has 4 nitrogen and oxygen atoms in total. The van der Waals surface area contributed by atoms with Gasteiger partial charge in [-0.2, -0.15) is 13.2 Å². The number of benzene rings is 1. The number of nitrogens with zero attached hydrogens (tertiary/aromatic N) is 1. The Morgan fingerprint density at radius 2 is 2.00 bits per heavy atom. The normalized spacial score (nSPS) is 17.9. The zero-order valence-electron chi connectivity index (χ0n) is 10.9. The van der Waals surface area contributed by atoms with Crippen LogP contribution in [0.1, 0.15) is 24.9 Å². The Bertz CT molecular complexity index is 473. The van der Waals surface area contributed by atoms with Crippen molar-refractivity contribution < 1.29 is 22.7 Å². The Hall–Kier alpha value is -1.76. The average molecular weight is 288 g/mol. The largest absolute Gasteiger partial charge is 0.494 e. The van der Waals surface area contributed by atoms with Crippen LogP contribution in [0.25, 0.3) is 0 Å². The summed E-state index contributed by atoms with van der Waals surface area (Å²) in [4.78, 5) is 11.1. The minimum Gasteiger partial charge on any atom is -0.494 e. The Kier molecular flexibility index (Phi) is 4.17. The molecule has 1 N–H and O–H groups in total. The lowest BCUT2D eigenvalue weighted by Gasteiger charge is -2.29. The molecule has 1 unspecified atom stereocenters. The van der Waals surface area contributed by atoms with Crippen molar-refractivity contribution in [3.63, 3.8) is 0 Å². The first kappa shape index (κ1) is 14.6. The maximum absolute atomic E-state index is 13.2. The van der Waals surface area contributed by atoms with Crippen LogP contribution >= 0.6 is 0 Å². The van der Waals surface area contributed by atoms with Gasteiger partial charge >= 0.3 is 6.18 Å². The van der Waals surface area contributed by atoms with Crippen LogP contribution in [0.3, 0.4) is 0 Å². The maximum Gasteiger partial charge on any atom is 0.409 e. The lowest BCUT2D eigenvalue weighted by molar-refractivity contribution is -0.191. The molecular formula is C13H15F3N2O2. The summed E-state index contributed by atoms with van der Waals surface area (Å²) in [6, 6.07) is 3.89. The van der Waals surface area contributed by atoms with Crippen LogP contribution < -0.4 is 10.2 Å². The molecule has 0 radical (unpaired) electrons. The summed E-state index contributed by atoms with van der Waals surface area (Å²) in [5.74, 6) is 0.118. The second-order valence-electron chi connectivity index (χ2n) is 4.42. The van der Waals surface area contributed by atoms with Crippen molar-refractivity contribution in [1.29, 1.82) is 0 Å². The highest BCUT2D eigenvalue weighted by Crippen LogP contribution is 2.38. The van der Waals surface area contributed by atoms with Gasteiger partial charge in [-0.25, -0.2) is 5.01 Å². The number of alkyl halides is 3. The first-order chi connectivity index (χ1) is 9.41. The van der Waals surface area contributed by atoms with E-state index in [0.29, 0.717) is 12.4 Å². The van der Waals surface area contributed by atoms with Crippen LogP contribution in [-0.4, -0.2) is 30.2 Å². The zero-order valence-corrected chi connectivity index (χ0v) is 10.9. The molecule has 1 aliphatic rings. The van der Waals surface area contributed by atoms with Crippen molar-refractivity contribution >= 4 is 5.91 Å². The number of hydrogen-bond acceptors (Lipinski definition) is 3. The average Bonchev–Trinajstić information content (AvgIpc) is 2.77. The molecule has 20 heavy (non-hydrogen) atoms. The van der Waals surface area contributed by atoms with E-state index in [-0.39, 0.29) is 18.5 Å². The van der Waals surface area contributed by atoms with Crippen molar-refractivity contribution in [2.45, 2.75) is 25.6 Å². The fraction of sp³-hybridized carbons (Fsp3) is 0.462. The highest BCUT2D eigenvalue weighted by atomic mass is 19.4. The predicted molar refractivity (Wildman–Crippen MR) is 65.9 cm³/mol. The molecule has 0 saturated carbocycles. The van der Waals surface area contributed by atoms with E-state index in [1.165, 1.54) is 24.3 Å². The summed E-state index contributed by atoms with van der Waals surface area (Å²) >= 11 is 0. The van der Waals surface area contributed by atoms with E-state index >= 15 is 0 Å². The molecule has 0 bridgehead atoms. The first-order valence-corrected chi connectivity index (χ1v) is 6.27. The van der Waals surface area contributed by atoms with Gasteiger partial charge in [0.05, 0.1) is 6.61 Å². The number of nitrogens with one attached hydrogen (secondary N) is 1. The second kappa shape index (κ2) is 5.70. The smallest absolute Gasteiger partial charge is 0.409 e. The summed E-state index contributed by atoms with van der Waals surface area (Å²) in [5.41, 5.74) is 2.31. The van der Waals surface area contributed by atoms with Gasteiger partial charge in [-0.05, 0) is 24.6 Å². The molecule has 1 aromatic carbocycles. The van der Waals surface area contributed by atoms with E-state index in [1.54, 1.807) is 6.92 Å². The van der Waals surface area contributed by atoms with E-state index in [0.717, 1.165) is 5.01 Å². The molecule has 1 heterocycles. The van der Waals surface area contributed by atoms with E-state index in [2.05, 4.69) is 5.43 Å². The third-order valence-corrected chi connectivity index (χ3v) is 2.98. The quantitative estimate of drug-likeness (QED) is 0.925. The topological polar surface area (TPSA) is 41.6 Å². The molecule has 1 atom stereocenters. The summed E-state index contributed by atoms with van der Waals surface area (Å²) < 4.78 is 44.8.